The number of halogens is 2. The number of nitrogens with zero attached hydrogens (tertiary/aromatic N) is 3. The van der Waals surface area contributed by atoms with Crippen LogP contribution in [-0.4, -0.2) is 35.3 Å². The van der Waals surface area contributed by atoms with E-state index in [-0.39, 0.29) is 0 Å². The molecule has 2 heterocycles. The van der Waals surface area contributed by atoms with Gasteiger partial charge in [0.25, 0.3) is 0 Å². The summed E-state index contributed by atoms with van der Waals surface area (Å²) in [7, 11) is 3.99. The van der Waals surface area contributed by atoms with Crippen molar-refractivity contribution in [3.8, 4) is 0 Å². The fraction of sp³-hybridized carbons (Fsp3) is 0.417. The fourth-order valence-electron chi connectivity index (χ4n) is 1.78. The summed E-state index contributed by atoms with van der Waals surface area (Å²) in [6.45, 7) is 1.55. The van der Waals surface area contributed by atoms with Gasteiger partial charge < -0.3 is 15.1 Å². The lowest BCUT2D eigenvalue weighted by Crippen LogP contribution is -2.23. The first kappa shape index (κ1) is 14.4. The van der Waals surface area contributed by atoms with Crippen LogP contribution in [0.2, 0.25) is 10.2 Å². The van der Waals surface area contributed by atoms with Crippen LogP contribution in [0, 0.1) is 0 Å². The van der Waals surface area contributed by atoms with E-state index in [4.69, 9.17) is 33.4 Å². The Balaban J connectivity index is 2.25. The van der Waals surface area contributed by atoms with Gasteiger partial charge in [-0.2, -0.15) is 5.10 Å². The first-order valence-corrected chi connectivity index (χ1v) is 6.61. The van der Waals surface area contributed by atoms with Crippen LogP contribution >= 0.6 is 23.2 Å². The van der Waals surface area contributed by atoms with Crippen LogP contribution in [-0.2, 0) is 6.54 Å². The van der Waals surface area contributed by atoms with E-state index in [0.29, 0.717) is 22.5 Å². The molecule has 5 nitrogen and oxygen atoms in total. The van der Waals surface area contributed by atoms with Gasteiger partial charge in [-0.3, -0.25) is 4.68 Å². The summed E-state index contributed by atoms with van der Waals surface area (Å²) in [6, 6.07) is 2.92. The van der Waals surface area contributed by atoms with E-state index in [9.17, 15) is 0 Å². The maximum absolute atomic E-state index is 6.17. The molecule has 0 aliphatic carbocycles. The Morgan fingerprint density at radius 3 is 2.74 bits per heavy atom. The highest BCUT2D eigenvalue weighted by Gasteiger charge is 2.21. The van der Waals surface area contributed by atoms with Crippen molar-refractivity contribution in [2.75, 3.05) is 20.6 Å². The fourth-order valence-corrected chi connectivity index (χ4v) is 2.20. The van der Waals surface area contributed by atoms with E-state index >= 15 is 0 Å². The molecular formula is C12H16Cl2N4O. The number of likely N-dealkylation sites (N-methyl/N-ethyl adjacent to an activating group) is 1. The van der Waals surface area contributed by atoms with Crippen molar-refractivity contribution in [2.45, 2.75) is 12.6 Å². The Labute approximate surface area is 121 Å². The second-order valence-electron chi connectivity index (χ2n) is 4.52. The van der Waals surface area contributed by atoms with Gasteiger partial charge in [0.05, 0.1) is 23.5 Å². The number of rotatable bonds is 5. The highest BCUT2D eigenvalue weighted by atomic mass is 35.5. The normalized spacial score (nSPS) is 13.2. The van der Waals surface area contributed by atoms with Crippen molar-refractivity contribution in [1.29, 1.82) is 0 Å². The molecule has 104 valence electrons. The predicted octanol–water partition coefficient (Wildman–Crippen LogP) is 2.39. The van der Waals surface area contributed by atoms with Crippen molar-refractivity contribution >= 4 is 23.2 Å². The van der Waals surface area contributed by atoms with Gasteiger partial charge in [0.2, 0.25) is 0 Å². The van der Waals surface area contributed by atoms with Crippen LogP contribution in [0.25, 0.3) is 0 Å². The van der Waals surface area contributed by atoms with Crippen LogP contribution in [0.4, 0.5) is 0 Å². The van der Waals surface area contributed by atoms with Crippen LogP contribution < -0.4 is 5.73 Å². The maximum Gasteiger partial charge on any atom is 0.193 e. The van der Waals surface area contributed by atoms with Gasteiger partial charge >= 0.3 is 0 Å². The molecule has 0 aliphatic rings. The topological polar surface area (TPSA) is 60.2 Å². The van der Waals surface area contributed by atoms with Crippen molar-refractivity contribution in [3.63, 3.8) is 0 Å². The Kier molecular flexibility index (Phi) is 4.52. The molecule has 19 heavy (non-hydrogen) atoms. The second kappa shape index (κ2) is 5.96. The smallest absolute Gasteiger partial charge is 0.193 e. The monoisotopic (exact) mass is 302 g/mol. The molecular weight excluding hydrogens is 287 g/mol. The minimum atomic E-state index is -0.482. The van der Waals surface area contributed by atoms with Crippen molar-refractivity contribution < 1.29 is 4.42 Å². The largest absolute Gasteiger partial charge is 0.448 e. The molecule has 0 aliphatic heterocycles. The quantitative estimate of drug-likeness (QED) is 0.921. The average molecular weight is 303 g/mol. The zero-order valence-corrected chi connectivity index (χ0v) is 12.3. The van der Waals surface area contributed by atoms with Crippen molar-refractivity contribution in [1.82, 2.24) is 14.7 Å². The molecule has 0 bridgehead atoms. The number of furan rings is 1. The molecule has 7 heteroatoms. The summed E-state index contributed by atoms with van der Waals surface area (Å²) in [5.41, 5.74) is 6.90. The Hall–Kier alpha value is -1.01. The second-order valence-corrected chi connectivity index (χ2v) is 5.30. The van der Waals surface area contributed by atoms with Gasteiger partial charge in [0.1, 0.15) is 11.8 Å². The molecule has 0 fully saturated rings. The number of aromatic nitrogens is 2. The lowest BCUT2D eigenvalue weighted by atomic mass is 10.1. The molecule has 2 N–H and O–H groups in total. The molecule has 0 saturated heterocycles. The van der Waals surface area contributed by atoms with Gasteiger partial charge in [0, 0.05) is 6.54 Å². The molecule has 2 aromatic rings. The van der Waals surface area contributed by atoms with Crippen LogP contribution in [0.15, 0.2) is 22.7 Å². The molecule has 0 spiro atoms. The van der Waals surface area contributed by atoms with Crippen LogP contribution in [0.3, 0.4) is 0 Å². The highest BCUT2D eigenvalue weighted by Crippen LogP contribution is 2.28. The zero-order chi connectivity index (χ0) is 14.0. The third-order valence-corrected chi connectivity index (χ3v) is 3.28. The van der Waals surface area contributed by atoms with Gasteiger partial charge in [-0.05, 0) is 37.8 Å². The summed E-state index contributed by atoms with van der Waals surface area (Å²) < 4.78 is 7.13. The van der Waals surface area contributed by atoms with E-state index in [1.807, 2.05) is 14.1 Å². The molecule has 2 aromatic heterocycles. The minimum Gasteiger partial charge on any atom is -0.448 e. The molecule has 0 saturated carbocycles. The summed E-state index contributed by atoms with van der Waals surface area (Å²) in [4.78, 5) is 2.06. The summed E-state index contributed by atoms with van der Waals surface area (Å²) >= 11 is 11.9. The molecule has 0 aromatic carbocycles. The highest BCUT2D eigenvalue weighted by molar-refractivity contribution is 6.31. The summed E-state index contributed by atoms with van der Waals surface area (Å²) in [5.74, 6) is 0.568. The predicted molar refractivity (Wildman–Crippen MR) is 75.5 cm³/mol. The summed E-state index contributed by atoms with van der Waals surface area (Å²) in [6.07, 6.45) is 1.59. The van der Waals surface area contributed by atoms with E-state index in [0.717, 1.165) is 12.2 Å². The van der Waals surface area contributed by atoms with Crippen molar-refractivity contribution in [3.05, 3.63) is 40.0 Å². The number of hydrogen-bond donors (Lipinski definition) is 1. The standard InChI is InChI=1S/C12H16Cl2N4O/c1-17(2)5-6-18-12(8(13)7-16-18)11(15)9-3-4-10(14)19-9/h3-4,7,11H,5-6,15H2,1-2H3. The van der Waals surface area contributed by atoms with E-state index < -0.39 is 6.04 Å². The summed E-state index contributed by atoms with van der Waals surface area (Å²) in [5, 5.41) is 5.08. The Bertz CT molecular complexity index is 550. The first-order chi connectivity index (χ1) is 8.99. The SMILES string of the molecule is CN(C)CCn1ncc(Cl)c1C(N)c1ccc(Cl)o1. The minimum absolute atomic E-state index is 0.306. The van der Waals surface area contributed by atoms with Gasteiger partial charge in [0.15, 0.2) is 5.22 Å². The van der Waals surface area contributed by atoms with Crippen LogP contribution in [0.1, 0.15) is 17.5 Å². The van der Waals surface area contributed by atoms with Gasteiger partial charge in [-0.25, -0.2) is 0 Å². The maximum atomic E-state index is 6.17. The molecule has 1 atom stereocenters. The molecule has 0 radical (unpaired) electrons. The Morgan fingerprint density at radius 2 is 2.16 bits per heavy atom. The lowest BCUT2D eigenvalue weighted by molar-refractivity contribution is 0.365. The molecule has 0 amide bonds. The molecule has 2 rings (SSSR count). The van der Waals surface area contributed by atoms with E-state index in [1.165, 1.54) is 0 Å². The average Bonchev–Trinajstić information content (AvgIpc) is 2.92. The molecule has 1 unspecified atom stereocenters. The third kappa shape index (κ3) is 3.30. The third-order valence-electron chi connectivity index (χ3n) is 2.79. The van der Waals surface area contributed by atoms with Gasteiger partial charge in [-0.1, -0.05) is 11.6 Å². The van der Waals surface area contributed by atoms with Gasteiger partial charge in [-0.15, -0.1) is 0 Å². The van der Waals surface area contributed by atoms with E-state index in [1.54, 1.807) is 23.0 Å². The van der Waals surface area contributed by atoms with E-state index in [2.05, 4.69) is 10.00 Å². The number of nitrogens with two attached hydrogens (primary N) is 1. The Morgan fingerprint density at radius 1 is 1.42 bits per heavy atom. The first-order valence-electron chi connectivity index (χ1n) is 5.85. The zero-order valence-electron chi connectivity index (χ0n) is 10.8. The van der Waals surface area contributed by atoms with Crippen molar-refractivity contribution in [2.24, 2.45) is 5.73 Å². The lowest BCUT2D eigenvalue weighted by Gasteiger charge is -2.15. The van der Waals surface area contributed by atoms with Crippen LogP contribution in [0.5, 0.6) is 0 Å². The number of hydrogen-bond acceptors (Lipinski definition) is 4.